The average molecular weight is 293 g/mol. The Hall–Kier alpha value is -2.11. The van der Waals surface area contributed by atoms with Crippen LogP contribution in [0.3, 0.4) is 0 Å². The first kappa shape index (κ1) is 16.9. The quantitative estimate of drug-likeness (QED) is 0.806. The first-order valence-electron chi connectivity index (χ1n) is 7.18. The van der Waals surface area contributed by atoms with Gasteiger partial charge in [0.25, 0.3) is 0 Å². The molecule has 6 nitrogen and oxygen atoms in total. The minimum atomic E-state index is -1.02. The van der Waals surface area contributed by atoms with Crippen molar-refractivity contribution in [3.63, 3.8) is 0 Å². The van der Waals surface area contributed by atoms with Crippen molar-refractivity contribution in [2.75, 3.05) is 6.54 Å². The van der Waals surface area contributed by atoms with E-state index in [1.54, 1.807) is 6.20 Å². The van der Waals surface area contributed by atoms with Gasteiger partial charge in [0.2, 0.25) is 0 Å². The van der Waals surface area contributed by atoms with Crippen LogP contribution < -0.4 is 5.32 Å². The first-order chi connectivity index (χ1) is 9.99. The van der Waals surface area contributed by atoms with Crippen molar-refractivity contribution in [1.29, 1.82) is 0 Å². The van der Waals surface area contributed by atoms with Gasteiger partial charge in [-0.1, -0.05) is 19.9 Å². The number of urea groups is 1. The van der Waals surface area contributed by atoms with Crippen LogP contribution in [0.2, 0.25) is 0 Å². The lowest BCUT2D eigenvalue weighted by Gasteiger charge is -2.27. The standard InChI is InChI=1S/C15H23N3O3/c1-4-11(3)18(10-14(19)20)15(21)17-9-13-12(5-2)7-6-8-16-13/h6-8,11H,4-5,9-10H2,1-3H3,(H,17,21)(H,19,20). The van der Waals surface area contributed by atoms with E-state index in [2.05, 4.69) is 10.3 Å². The molecule has 21 heavy (non-hydrogen) atoms. The summed E-state index contributed by atoms with van der Waals surface area (Å²) in [5.41, 5.74) is 1.89. The van der Waals surface area contributed by atoms with Crippen LogP contribution in [-0.2, 0) is 17.8 Å². The number of nitrogens with zero attached hydrogens (tertiary/aromatic N) is 2. The van der Waals surface area contributed by atoms with Crippen LogP contribution in [0.4, 0.5) is 4.79 Å². The van der Waals surface area contributed by atoms with Crippen molar-refractivity contribution in [2.45, 2.75) is 46.2 Å². The van der Waals surface area contributed by atoms with E-state index in [-0.39, 0.29) is 18.6 Å². The van der Waals surface area contributed by atoms with Crippen molar-refractivity contribution in [3.8, 4) is 0 Å². The number of pyridine rings is 1. The SMILES string of the molecule is CCc1cccnc1CNC(=O)N(CC(=O)O)C(C)CC. The zero-order valence-corrected chi connectivity index (χ0v) is 12.8. The molecular weight excluding hydrogens is 270 g/mol. The Morgan fingerprint density at radius 2 is 2.14 bits per heavy atom. The maximum Gasteiger partial charge on any atom is 0.323 e. The van der Waals surface area contributed by atoms with Crippen LogP contribution in [0, 0.1) is 0 Å². The van der Waals surface area contributed by atoms with Gasteiger partial charge < -0.3 is 15.3 Å². The number of aryl methyl sites for hydroxylation is 1. The van der Waals surface area contributed by atoms with Gasteiger partial charge >= 0.3 is 12.0 Å². The molecule has 2 amide bonds. The van der Waals surface area contributed by atoms with Crippen molar-refractivity contribution in [1.82, 2.24) is 15.2 Å². The smallest absolute Gasteiger partial charge is 0.323 e. The predicted molar refractivity (Wildman–Crippen MR) is 79.9 cm³/mol. The molecule has 0 radical (unpaired) electrons. The molecule has 0 aliphatic rings. The van der Waals surface area contributed by atoms with Gasteiger partial charge in [0.05, 0.1) is 12.2 Å². The second-order valence-corrected chi connectivity index (χ2v) is 4.90. The fraction of sp³-hybridized carbons (Fsp3) is 0.533. The van der Waals surface area contributed by atoms with Crippen LogP contribution >= 0.6 is 0 Å². The monoisotopic (exact) mass is 293 g/mol. The van der Waals surface area contributed by atoms with Gasteiger partial charge in [-0.25, -0.2) is 4.79 Å². The van der Waals surface area contributed by atoms with E-state index in [1.807, 2.05) is 32.9 Å². The maximum atomic E-state index is 12.2. The number of aliphatic carboxylic acids is 1. The van der Waals surface area contributed by atoms with Crippen molar-refractivity contribution in [2.24, 2.45) is 0 Å². The number of rotatable bonds is 7. The van der Waals surface area contributed by atoms with Crippen molar-refractivity contribution >= 4 is 12.0 Å². The highest BCUT2D eigenvalue weighted by Gasteiger charge is 2.21. The molecule has 0 aliphatic carbocycles. The largest absolute Gasteiger partial charge is 0.480 e. The summed E-state index contributed by atoms with van der Waals surface area (Å²) in [7, 11) is 0. The van der Waals surface area contributed by atoms with Gasteiger partial charge in [-0.15, -0.1) is 0 Å². The molecule has 1 aromatic heterocycles. The van der Waals surface area contributed by atoms with Crippen molar-refractivity contribution < 1.29 is 14.7 Å². The Labute approximate surface area is 125 Å². The van der Waals surface area contributed by atoms with E-state index < -0.39 is 5.97 Å². The van der Waals surface area contributed by atoms with Crippen LogP contribution in [0.15, 0.2) is 18.3 Å². The normalized spacial score (nSPS) is 11.8. The third-order valence-corrected chi connectivity index (χ3v) is 3.46. The summed E-state index contributed by atoms with van der Waals surface area (Å²) in [4.78, 5) is 28.6. The third-order valence-electron chi connectivity index (χ3n) is 3.46. The molecule has 1 heterocycles. The number of carboxylic acid groups (broad SMARTS) is 1. The molecule has 1 atom stereocenters. The summed E-state index contributed by atoms with van der Waals surface area (Å²) in [5, 5.41) is 11.7. The molecule has 0 spiro atoms. The Morgan fingerprint density at radius 3 is 2.71 bits per heavy atom. The molecule has 0 aromatic carbocycles. The van der Waals surface area contributed by atoms with E-state index in [0.717, 1.165) is 17.7 Å². The molecule has 1 aromatic rings. The van der Waals surface area contributed by atoms with Gasteiger partial charge in [0.1, 0.15) is 6.54 Å². The molecular formula is C15H23N3O3. The second kappa shape index (κ2) is 8.24. The third kappa shape index (κ3) is 5.06. The highest BCUT2D eigenvalue weighted by Crippen LogP contribution is 2.07. The number of carbonyl (C=O) groups is 2. The molecule has 1 unspecified atom stereocenters. The summed E-state index contributed by atoms with van der Waals surface area (Å²) in [6.07, 6.45) is 3.22. The fourth-order valence-corrected chi connectivity index (χ4v) is 2.01. The summed E-state index contributed by atoms with van der Waals surface area (Å²) in [6.45, 7) is 5.78. The Kier molecular flexibility index (Phi) is 6.65. The summed E-state index contributed by atoms with van der Waals surface area (Å²) in [5.74, 6) is -1.02. The van der Waals surface area contributed by atoms with Gasteiger partial charge in [0.15, 0.2) is 0 Å². The lowest BCUT2D eigenvalue weighted by atomic mass is 10.1. The Bertz CT molecular complexity index is 491. The number of aromatic nitrogens is 1. The minimum absolute atomic E-state index is 0.129. The molecule has 6 heteroatoms. The number of hydrogen-bond donors (Lipinski definition) is 2. The van der Waals surface area contributed by atoms with Crippen LogP contribution in [-0.4, -0.2) is 39.6 Å². The van der Waals surface area contributed by atoms with Crippen LogP contribution in [0.5, 0.6) is 0 Å². The van der Waals surface area contributed by atoms with Crippen LogP contribution in [0.25, 0.3) is 0 Å². The Morgan fingerprint density at radius 1 is 1.43 bits per heavy atom. The second-order valence-electron chi connectivity index (χ2n) is 4.90. The number of amides is 2. The molecule has 1 rings (SSSR count). The molecule has 0 bridgehead atoms. The predicted octanol–water partition coefficient (Wildman–Crippen LogP) is 2.04. The zero-order valence-electron chi connectivity index (χ0n) is 12.8. The number of hydrogen-bond acceptors (Lipinski definition) is 3. The highest BCUT2D eigenvalue weighted by atomic mass is 16.4. The summed E-state index contributed by atoms with van der Waals surface area (Å²) < 4.78 is 0. The van der Waals surface area contributed by atoms with Crippen molar-refractivity contribution in [3.05, 3.63) is 29.6 Å². The van der Waals surface area contributed by atoms with Gasteiger partial charge in [-0.05, 0) is 31.4 Å². The topological polar surface area (TPSA) is 82.5 Å². The minimum Gasteiger partial charge on any atom is -0.480 e. The van der Waals surface area contributed by atoms with E-state index in [9.17, 15) is 9.59 Å². The first-order valence-corrected chi connectivity index (χ1v) is 7.18. The lowest BCUT2D eigenvalue weighted by molar-refractivity contribution is -0.138. The lowest BCUT2D eigenvalue weighted by Crippen LogP contribution is -2.47. The highest BCUT2D eigenvalue weighted by molar-refractivity contribution is 5.80. The number of carbonyl (C=O) groups excluding carboxylic acids is 1. The molecule has 0 saturated heterocycles. The molecule has 2 N–H and O–H groups in total. The molecule has 0 saturated carbocycles. The zero-order chi connectivity index (χ0) is 15.8. The summed E-state index contributed by atoms with van der Waals surface area (Å²) in [6, 6.07) is 3.33. The Balaban J connectivity index is 2.71. The average Bonchev–Trinajstić information content (AvgIpc) is 2.49. The number of carboxylic acids is 1. The van der Waals surface area contributed by atoms with Crippen LogP contribution in [0.1, 0.15) is 38.4 Å². The number of nitrogens with one attached hydrogen (secondary N) is 1. The summed E-state index contributed by atoms with van der Waals surface area (Å²) >= 11 is 0. The van der Waals surface area contributed by atoms with E-state index >= 15 is 0 Å². The van der Waals surface area contributed by atoms with E-state index in [4.69, 9.17) is 5.11 Å². The molecule has 0 fully saturated rings. The molecule has 0 aliphatic heterocycles. The van der Waals surface area contributed by atoms with E-state index in [1.165, 1.54) is 4.90 Å². The fourth-order valence-electron chi connectivity index (χ4n) is 2.01. The van der Waals surface area contributed by atoms with Gasteiger partial charge in [-0.3, -0.25) is 9.78 Å². The van der Waals surface area contributed by atoms with Gasteiger partial charge in [0, 0.05) is 12.2 Å². The van der Waals surface area contributed by atoms with E-state index in [0.29, 0.717) is 13.0 Å². The van der Waals surface area contributed by atoms with Gasteiger partial charge in [-0.2, -0.15) is 0 Å². The maximum absolute atomic E-state index is 12.2. The molecule has 116 valence electrons.